The van der Waals surface area contributed by atoms with Crippen molar-refractivity contribution in [3.8, 4) is 0 Å². The van der Waals surface area contributed by atoms with Crippen LogP contribution in [0.5, 0.6) is 0 Å². The number of benzene rings is 1. The molecule has 24 heteroatoms. The number of aliphatic hydroxyl groups is 5. The highest BCUT2D eigenvalue weighted by atomic mass is 19.4. The molecule has 0 saturated carbocycles. The standard InChI is InChI=1S/C35H48F6N8O10/c1-2-46(18-27(51)31(54)32(55)28(52)19-50)15-22-16-48(45-44-22)5-6-57-7-8-58-9-10-59-33(56)30-26-17-47(3-4-49(26)34(43-30)35(39,40)41)29(53)13-21(42)11-20-12-24(37)25(38)14-23(20)36/h12,14,16,21,27-28,31-32,50-52,54-55H,2-11,13,15,17-19,42H2,1H3. The summed E-state index contributed by atoms with van der Waals surface area (Å²) in [6.45, 7) is 0.893. The SMILES string of the molecule is CCN(Cc1cn(CCOCCOCCOC(=O)c2nc(C(F)(F)F)n3c2CN(C(=O)CC(N)Cc2cc(F)c(F)cc2F)CC3)nn1)CC(O)C(O)C(O)C(O)CO. The maximum Gasteiger partial charge on any atom is 0.449 e. The summed E-state index contributed by atoms with van der Waals surface area (Å²) < 4.78 is 101. The van der Waals surface area contributed by atoms with Crippen molar-refractivity contribution in [2.75, 3.05) is 59.3 Å². The van der Waals surface area contributed by atoms with E-state index in [9.17, 15) is 56.4 Å². The molecule has 330 valence electrons. The molecule has 4 rings (SSSR count). The summed E-state index contributed by atoms with van der Waals surface area (Å²) in [5, 5.41) is 56.7. The Hall–Kier alpha value is -4.27. The largest absolute Gasteiger partial charge is 0.458 e. The normalized spacial score (nSPS) is 15.9. The average Bonchev–Trinajstić information content (AvgIpc) is 3.82. The number of carbonyl (C=O) groups is 2. The third kappa shape index (κ3) is 13.4. The Kier molecular flexibility index (Phi) is 17.5. The number of alkyl halides is 3. The van der Waals surface area contributed by atoms with Crippen LogP contribution in [-0.4, -0.2) is 161 Å². The van der Waals surface area contributed by atoms with Crippen molar-refractivity contribution < 1.29 is 75.7 Å². The predicted molar refractivity (Wildman–Crippen MR) is 189 cm³/mol. The Balaban J connectivity index is 1.17. The van der Waals surface area contributed by atoms with Crippen molar-refractivity contribution in [1.82, 2.24) is 34.3 Å². The minimum absolute atomic E-state index is 0.0657. The van der Waals surface area contributed by atoms with Crippen LogP contribution in [0.15, 0.2) is 18.3 Å². The van der Waals surface area contributed by atoms with Gasteiger partial charge in [-0.25, -0.2) is 27.6 Å². The number of amides is 1. The van der Waals surface area contributed by atoms with Crippen LogP contribution in [-0.2, 0) is 57.8 Å². The van der Waals surface area contributed by atoms with Crippen molar-refractivity contribution in [2.45, 2.75) is 82.6 Å². The molecule has 0 saturated heterocycles. The molecule has 5 atom stereocenters. The number of hydrogen-bond donors (Lipinski definition) is 6. The number of nitrogens with zero attached hydrogens (tertiary/aromatic N) is 7. The van der Waals surface area contributed by atoms with E-state index < -0.39 is 97.1 Å². The van der Waals surface area contributed by atoms with Crippen LogP contribution in [0.3, 0.4) is 0 Å². The van der Waals surface area contributed by atoms with Crippen molar-refractivity contribution in [3.63, 3.8) is 0 Å². The van der Waals surface area contributed by atoms with Crippen molar-refractivity contribution in [2.24, 2.45) is 5.73 Å². The highest BCUT2D eigenvalue weighted by Gasteiger charge is 2.42. The van der Waals surface area contributed by atoms with Gasteiger partial charge in [-0.2, -0.15) is 13.2 Å². The summed E-state index contributed by atoms with van der Waals surface area (Å²) in [4.78, 5) is 32.3. The smallest absolute Gasteiger partial charge is 0.449 e. The Morgan fingerprint density at radius 2 is 1.61 bits per heavy atom. The first-order valence-electron chi connectivity index (χ1n) is 18.5. The Morgan fingerprint density at radius 1 is 0.949 bits per heavy atom. The van der Waals surface area contributed by atoms with Crippen LogP contribution in [0.25, 0.3) is 0 Å². The molecule has 0 aliphatic carbocycles. The molecule has 0 bridgehead atoms. The monoisotopic (exact) mass is 854 g/mol. The lowest BCUT2D eigenvalue weighted by molar-refractivity contribution is -0.148. The van der Waals surface area contributed by atoms with Gasteiger partial charge >= 0.3 is 12.1 Å². The molecule has 5 unspecified atom stereocenters. The number of esters is 1. The average molecular weight is 855 g/mol. The zero-order valence-corrected chi connectivity index (χ0v) is 32.0. The molecule has 3 heterocycles. The number of halogens is 6. The number of fused-ring (bicyclic) bond motifs is 1. The molecule has 0 spiro atoms. The van der Waals surface area contributed by atoms with E-state index in [1.807, 2.05) is 0 Å². The van der Waals surface area contributed by atoms with Gasteiger partial charge in [-0.15, -0.1) is 5.10 Å². The molecule has 1 aromatic carbocycles. The van der Waals surface area contributed by atoms with Crippen molar-refractivity contribution >= 4 is 11.9 Å². The zero-order valence-electron chi connectivity index (χ0n) is 32.0. The van der Waals surface area contributed by atoms with E-state index in [0.29, 0.717) is 30.9 Å². The van der Waals surface area contributed by atoms with Crippen LogP contribution >= 0.6 is 0 Å². The molecule has 0 fully saturated rings. The Morgan fingerprint density at radius 3 is 2.29 bits per heavy atom. The maximum absolute atomic E-state index is 14.1. The van der Waals surface area contributed by atoms with E-state index >= 15 is 0 Å². The van der Waals surface area contributed by atoms with Crippen LogP contribution in [0.2, 0.25) is 0 Å². The first kappa shape index (κ1) is 47.4. The molecule has 0 radical (unpaired) electrons. The topological polar surface area (TPSA) is 244 Å². The molecular formula is C35H48F6N8O10. The van der Waals surface area contributed by atoms with Gasteiger partial charge in [0, 0.05) is 50.9 Å². The lowest BCUT2D eigenvalue weighted by atomic mass is 10.0. The fourth-order valence-electron chi connectivity index (χ4n) is 6.12. The molecule has 3 aromatic rings. The summed E-state index contributed by atoms with van der Waals surface area (Å²) in [6, 6.07) is -0.0620. The number of aromatic nitrogens is 5. The molecule has 1 aliphatic rings. The maximum atomic E-state index is 14.1. The highest BCUT2D eigenvalue weighted by Crippen LogP contribution is 2.33. The van der Waals surface area contributed by atoms with Crippen LogP contribution in [0, 0.1) is 17.5 Å². The van der Waals surface area contributed by atoms with Gasteiger partial charge in [0.1, 0.15) is 30.7 Å². The second kappa shape index (κ2) is 21.8. The second-order valence-corrected chi connectivity index (χ2v) is 13.7. The van der Waals surface area contributed by atoms with Gasteiger partial charge in [0.15, 0.2) is 17.3 Å². The van der Waals surface area contributed by atoms with Crippen molar-refractivity contribution in [3.05, 3.63) is 64.3 Å². The quantitative estimate of drug-likeness (QED) is 0.0301. The number of carbonyl (C=O) groups excluding carboxylic acids is 2. The molecule has 7 N–H and O–H groups in total. The zero-order chi connectivity index (χ0) is 43.4. The van der Waals surface area contributed by atoms with E-state index in [4.69, 9.17) is 25.1 Å². The van der Waals surface area contributed by atoms with Gasteiger partial charge in [-0.05, 0) is 24.6 Å². The van der Waals surface area contributed by atoms with Crippen LogP contribution in [0.1, 0.15) is 46.6 Å². The number of imidazole rings is 1. The number of nitrogens with two attached hydrogens (primary N) is 1. The van der Waals surface area contributed by atoms with Gasteiger partial charge in [-0.1, -0.05) is 12.1 Å². The summed E-state index contributed by atoms with van der Waals surface area (Å²) >= 11 is 0. The highest BCUT2D eigenvalue weighted by molar-refractivity contribution is 5.89. The predicted octanol–water partition coefficient (Wildman–Crippen LogP) is -0.639. The van der Waals surface area contributed by atoms with Gasteiger partial charge in [-0.3, -0.25) is 9.69 Å². The van der Waals surface area contributed by atoms with Crippen molar-refractivity contribution in [1.29, 1.82) is 0 Å². The molecule has 18 nitrogen and oxygen atoms in total. The molecule has 2 aromatic heterocycles. The number of rotatable bonds is 23. The first-order chi connectivity index (χ1) is 27.9. The number of likely N-dealkylation sites (N-methyl/N-ethyl adjacent to an activating group) is 1. The first-order valence-corrected chi connectivity index (χ1v) is 18.5. The molecule has 59 heavy (non-hydrogen) atoms. The molecule has 1 amide bonds. The number of aliphatic hydroxyl groups excluding tert-OH is 5. The minimum Gasteiger partial charge on any atom is -0.458 e. The Bertz CT molecular complexity index is 1840. The van der Waals surface area contributed by atoms with Crippen LogP contribution in [0.4, 0.5) is 26.3 Å². The lowest BCUT2D eigenvalue weighted by Crippen LogP contribution is -2.49. The summed E-state index contributed by atoms with van der Waals surface area (Å²) in [5.74, 6) is -6.90. The minimum atomic E-state index is -4.93. The van der Waals surface area contributed by atoms with E-state index in [0.717, 1.165) is 9.47 Å². The summed E-state index contributed by atoms with van der Waals surface area (Å²) in [5.41, 5.74) is 5.39. The van der Waals surface area contributed by atoms with E-state index in [1.54, 1.807) is 18.0 Å². The van der Waals surface area contributed by atoms with Gasteiger partial charge in [0.25, 0.3) is 0 Å². The third-order valence-corrected chi connectivity index (χ3v) is 9.30. The molecule has 1 aliphatic heterocycles. The lowest BCUT2D eigenvalue weighted by Gasteiger charge is -2.30. The fraction of sp³-hybridized carbons (Fsp3) is 0.629. The fourth-order valence-corrected chi connectivity index (χ4v) is 6.12. The van der Waals surface area contributed by atoms with Gasteiger partial charge in [0.2, 0.25) is 11.7 Å². The van der Waals surface area contributed by atoms with Gasteiger partial charge in [0.05, 0.1) is 63.6 Å². The van der Waals surface area contributed by atoms with E-state index in [-0.39, 0.29) is 76.9 Å². The molecular weight excluding hydrogens is 806 g/mol. The summed E-state index contributed by atoms with van der Waals surface area (Å²) in [6.07, 6.45) is -10.5. The number of hydrogen-bond acceptors (Lipinski definition) is 15. The Labute approximate surface area is 333 Å². The number of ether oxygens (including phenoxy) is 3. The van der Waals surface area contributed by atoms with E-state index in [2.05, 4.69) is 15.3 Å². The van der Waals surface area contributed by atoms with Gasteiger partial charge < -0.3 is 54.9 Å². The third-order valence-electron chi connectivity index (χ3n) is 9.30. The summed E-state index contributed by atoms with van der Waals surface area (Å²) in [7, 11) is 0. The van der Waals surface area contributed by atoms with Crippen LogP contribution < -0.4 is 5.73 Å². The second-order valence-electron chi connectivity index (χ2n) is 13.7. The van der Waals surface area contributed by atoms with E-state index in [1.165, 1.54) is 4.68 Å².